The molecule has 3 aromatic carbocycles. The fraction of sp³-hybridized carbons (Fsp3) is 0.0952. The van der Waals surface area contributed by atoms with Gasteiger partial charge in [0, 0.05) is 24.7 Å². The molecule has 0 saturated carbocycles. The lowest BCUT2D eigenvalue weighted by molar-refractivity contribution is 0.0784. The molecule has 126 valence electrons. The summed E-state index contributed by atoms with van der Waals surface area (Å²) in [4.78, 5) is 14.3. The number of phenols is 2. The molecule has 2 N–H and O–H groups in total. The third kappa shape index (κ3) is 3.80. The molecule has 0 fully saturated rings. The van der Waals surface area contributed by atoms with Crippen LogP contribution in [0.1, 0.15) is 15.9 Å². The average molecular weight is 333 g/mol. The molecule has 0 bridgehead atoms. The van der Waals surface area contributed by atoms with Crippen molar-refractivity contribution < 1.29 is 15.0 Å². The lowest BCUT2D eigenvalue weighted by Gasteiger charge is -2.18. The highest BCUT2D eigenvalue weighted by Crippen LogP contribution is 2.24. The molecule has 0 aromatic heterocycles. The number of carbonyl (C=O) groups is 1. The first-order valence-electron chi connectivity index (χ1n) is 7.96. The fourth-order valence-corrected chi connectivity index (χ4v) is 2.68. The highest BCUT2D eigenvalue weighted by atomic mass is 16.3. The van der Waals surface area contributed by atoms with Crippen LogP contribution in [-0.4, -0.2) is 28.1 Å². The van der Waals surface area contributed by atoms with Crippen LogP contribution in [0.2, 0.25) is 0 Å². The van der Waals surface area contributed by atoms with E-state index in [0.29, 0.717) is 17.7 Å². The van der Waals surface area contributed by atoms with Gasteiger partial charge in [0.25, 0.3) is 5.91 Å². The van der Waals surface area contributed by atoms with E-state index in [0.717, 1.165) is 11.1 Å². The Kier molecular flexibility index (Phi) is 4.70. The topological polar surface area (TPSA) is 60.8 Å². The lowest BCUT2D eigenvalue weighted by atomic mass is 10.0. The van der Waals surface area contributed by atoms with Gasteiger partial charge in [-0.3, -0.25) is 4.79 Å². The monoisotopic (exact) mass is 333 g/mol. The fourth-order valence-electron chi connectivity index (χ4n) is 2.68. The molecule has 0 aliphatic heterocycles. The number of aromatic hydroxyl groups is 2. The van der Waals surface area contributed by atoms with Gasteiger partial charge in [-0.25, -0.2) is 0 Å². The summed E-state index contributed by atoms with van der Waals surface area (Å²) in [6.07, 6.45) is 0. The molecule has 4 nitrogen and oxygen atoms in total. The van der Waals surface area contributed by atoms with Crippen LogP contribution in [0.15, 0.2) is 72.8 Å². The van der Waals surface area contributed by atoms with Crippen molar-refractivity contribution in [1.82, 2.24) is 4.90 Å². The molecule has 1 amide bonds. The number of nitrogens with zero attached hydrogens (tertiary/aromatic N) is 1. The average Bonchev–Trinajstić information content (AvgIpc) is 2.63. The second-order valence-corrected chi connectivity index (χ2v) is 5.92. The van der Waals surface area contributed by atoms with E-state index in [4.69, 9.17) is 0 Å². The Labute approximate surface area is 146 Å². The molecule has 0 aliphatic rings. The third-order valence-corrected chi connectivity index (χ3v) is 4.06. The number of hydrogen-bond acceptors (Lipinski definition) is 3. The molecule has 0 atom stereocenters. The van der Waals surface area contributed by atoms with Crippen molar-refractivity contribution in [2.45, 2.75) is 6.54 Å². The summed E-state index contributed by atoms with van der Waals surface area (Å²) in [5.41, 5.74) is 3.11. The first-order chi connectivity index (χ1) is 12.0. The van der Waals surface area contributed by atoms with E-state index < -0.39 is 0 Å². The zero-order valence-corrected chi connectivity index (χ0v) is 13.9. The highest BCUT2D eigenvalue weighted by Gasteiger charge is 2.14. The molecular formula is C21H19NO3. The van der Waals surface area contributed by atoms with Gasteiger partial charge in [-0.15, -0.1) is 0 Å². The summed E-state index contributed by atoms with van der Waals surface area (Å²) < 4.78 is 0. The molecule has 0 saturated heterocycles. The van der Waals surface area contributed by atoms with E-state index in [1.807, 2.05) is 36.4 Å². The van der Waals surface area contributed by atoms with Gasteiger partial charge in [0.15, 0.2) is 0 Å². The minimum Gasteiger partial charge on any atom is -0.508 e. The predicted molar refractivity (Wildman–Crippen MR) is 97.4 cm³/mol. The van der Waals surface area contributed by atoms with Crippen LogP contribution in [0.25, 0.3) is 11.1 Å². The summed E-state index contributed by atoms with van der Waals surface area (Å²) in [5.74, 6) is 0.266. The van der Waals surface area contributed by atoms with Gasteiger partial charge >= 0.3 is 0 Å². The first kappa shape index (κ1) is 16.6. The van der Waals surface area contributed by atoms with Crippen LogP contribution in [0.3, 0.4) is 0 Å². The van der Waals surface area contributed by atoms with Gasteiger partial charge in [0.05, 0.1) is 0 Å². The van der Waals surface area contributed by atoms with Crippen LogP contribution in [-0.2, 0) is 6.54 Å². The maximum absolute atomic E-state index is 12.7. The standard InChI is InChI=1S/C21H19NO3/c1-22(14-18-5-2-3-8-20(18)24)21(25)17-7-4-6-16(13-17)15-9-11-19(23)12-10-15/h2-13,23-24H,14H2,1H3. The maximum atomic E-state index is 12.7. The largest absolute Gasteiger partial charge is 0.508 e. The van der Waals surface area contributed by atoms with Gasteiger partial charge in [-0.2, -0.15) is 0 Å². The number of hydrogen-bond donors (Lipinski definition) is 2. The number of para-hydroxylation sites is 1. The second kappa shape index (κ2) is 7.09. The van der Waals surface area contributed by atoms with Gasteiger partial charge in [0.1, 0.15) is 11.5 Å². The number of benzene rings is 3. The van der Waals surface area contributed by atoms with Gasteiger partial charge in [-0.1, -0.05) is 42.5 Å². The lowest BCUT2D eigenvalue weighted by Crippen LogP contribution is -2.26. The molecular weight excluding hydrogens is 314 g/mol. The number of phenolic OH excluding ortho intramolecular Hbond substituents is 2. The van der Waals surface area contributed by atoms with Crippen LogP contribution in [0.5, 0.6) is 11.5 Å². The molecule has 25 heavy (non-hydrogen) atoms. The third-order valence-electron chi connectivity index (χ3n) is 4.06. The summed E-state index contributed by atoms with van der Waals surface area (Å²) >= 11 is 0. The van der Waals surface area contributed by atoms with E-state index in [1.54, 1.807) is 48.3 Å². The number of amides is 1. The Hall–Kier alpha value is -3.27. The molecule has 0 unspecified atom stereocenters. The smallest absolute Gasteiger partial charge is 0.253 e. The molecule has 3 aromatic rings. The van der Waals surface area contributed by atoms with Crippen molar-refractivity contribution in [2.24, 2.45) is 0 Å². The van der Waals surface area contributed by atoms with Gasteiger partial charge < -0.3 is 15.1 Å². The minimum atomic E-state index is -0.121. The normalized spacial score (nSPS) is 10.4. The SMILES string of the molecule is CN(Cc1ccccc1O)C(=O)c1cccc(-c2ccc(O)cc2)c1. The van der Waals surface area contributed by atoms with Crippen molar-refractivity contribution >= 4 is 5.91 Å². The zero-order chi connectivity index (χ0) is 17.8. The zero-order valence-electron chi connectivity index (χ0n) is 13.9. The van der Waals surface area contributed by atoms with Crippen molar-refractivity contribution in [1.29, 1.82) is 0 Å². The van der Waals surface area contributed by atoms with Crippen LogP contribution < -0.4 is 0 Å². The Balaban J connectivity index is 1.81. The highest BCUT2D eigenvalue weighted by molar-refractivity contribution is 5.95. The van der Waals surface area contributed by atoms with Crippen molar-refractivity contribution in [3.05, 3.63) is 83.9 Å². The van der Waals surface area contributed by atoms with E-state index in [1.165, 1.54) is 0 Å². The van der Waals surface area contributed by atoms with Crippen LogP contribution >= 0.6 is 0 Å². The molecule has 0 aliphatic carbocycles. The second-order valence-electron chi connectivity index (χ2n) is 5.92. The minimum absolute atomic E-state index is 0.121. The summed E-state index contributed by atoms with van der Waals surface area (Å²) in [7, 11) is 1.71. The molecule has 4 heteroatoms. The number of carbonyl (C=O) groups excluding carboxylic acids is 1. The van der Waals surface area contributed by atoms with Crippen LogP contribution in [0, 0.1) is 0 Å². The summed E-state index contributed by atoms with van der Waals surface area (Å²) in [6.45, 7) is 0.328. The molecule has 0 radical (unpaired) electrons. The van der Waals surface area contributed by atoms with E-state index in [9.17, 15) is 15.0 Å². The van der Waals surface area contributed by atoms with Gasteiger partial charge in [-0.05, 0) is 41.5 Å². The summed E-state index contributed by atoms with van der Waals surface area (Å²) in [6, 6.07) is 21.2. The van der Waals surface area contributed by atoms with Crippen molar-refractivity contribution in [3.63, 3.8) is 0 Å². The van der Waals surface area contributed by atoms with Crippen LogP contribution in [0.4, 0.5) is 0 Å². The first-order valence-corrected chi connectivity index (χ1v) is 7.96. The Bertz CT molecular complexity index is 888. The van der Waals surface area contributed by atoms with E-state index in [-0.39, 0.29) is 17.4 Å². The van der Waals surface area contributed by atoms with Crippen molar-refractivity contribution in [3.8, 4) is 22.6 Å². The molecule has 0 heterocycles. The Morgan fingerprint density at radius 1 is 0.880 bits per heavy atom. The Morgan fingerprint density at radius 2 is 1.60 bits per heavy atom. The summed E-state index contributed by atoms with van der Waals surface area (Å²) in [5, 5.41) is 19.3. The molecule has 0 spiro atoms. The Morgan fingerprint density at radius 3 is 2.32 bits per heavy atom. The van der Waals surface area contributed by atoms with E-state index in [2.05, 4.69) is 0 Å². The predicted octanol–water partition coefficient (Wildman–Crippen LogP) is 4.04. The van der Waals surface area contributed by atoms with E-state index >= 15 is 0 Å². The molecule has 3 rings (SSSR count). The maximum Gasteiger partial charge on any atom is 0.253 e. The quantitative estimate of drug-likeness (QED) is 0.757. The van der Waals surface area contributed by atoms with Crippen molar-refractivity contribution in [2.75, 3.05) is 7.05 Å². The number of rotatable bonds is 4. The van der Waals surface area contributed by atoms with Gasteiger partial charge in [0.2, 0.25) is 0 Å².